The zero-order valence-corrected chi connectivity index (χ0v) is 21.5. The first-order valence-corrected chi connectivity index (χ1v) is 13.5. The summed E-state index contributed by atoms with van der Waals surface area (Å²) >= 11 is 0. The second kappa shape index (κ2) is 10.0. The molecule has 1 aliphatic rings. The molecule has 198 valence electrons. The van der Waals surface area contributed by atoms with Crippen LogP contribution in [-0.2, 0) is 14.8 Å². The van der Waals surface area contributed by atoms with Crippen molar-refractivity contribution in [1.29, 1.82) is 0 Å². The predicted molar refractivity (Wildman–Crippen MR) is 137 cm³/mol. The van der Waals surface area contributed by atoms with E-state index in [1.165, 1.54) is 28.9 Å². The molecule has 1 fully saturated rings. The lowest BCUT2D eigenvalue weighted by molar-refractivity contribution is 0.0529. The van der Waals surface area contributed by atoms with Crippen molar-refractivity contribution in [2.45, 2.75) is 37.6 Å². The Bertz CT molecular complexity index is 1620. The maximum absolute atomic E-state index is 14.6. The molecule has 5 rings (SSSR count). The summed E-state index contributed by atoms with van der Waals surface area (Å²) < 4.78 is 63.4. The van der Waals surface area contributed by atoms with Crippen LogP contribution in [0, 0.1) is 18.6 Å². The van der Waals surface area contributed by atoms with Gasteiger partial charge in [-0.15, -0.1) is 5.10 Å². The maximum atomic E-state index is 14.6. The number of halogens is 2. The Kier molecular flexibility index (Phi) is 6.74. The second-order valence-electron chi connectivity index (χ2n) is 8.93. The second-order valence-corrected chi connectivity index (χ2v) is 10.6. The number of rotatable bonds is 7. The number of carbonyl (C=O) groups is 1. The minimum atomic E-state index is -4.08. The molecule has 2 aromatic carbocycles. The molecule has 0 bridgehead atoms. The first-order chi connectivity index (χ1) is 18.2. The van der Waals surface area contributed by atoms with E-state index in [0.29, 0.717) is 18.8 Å². The molecular formula is C26H25F2N5O4S. The fraction of sp³-hybridized carbons (Fsp3) is 0.269. The number of anilines is 2. The summed E-state index contributed by atoms with van der Waals surface area (Å²) in [5, 5.41) is 4.25. The molecule has 1 saturated heterocycles. The monoisotopic (exact) mass is 541 g/mol. The number of carbonyl (C=O) groups excluding carboxylic acids is 1. The van der Waals surface area contributed by atoms with Crippen LogP contribution in [0.4, 0.5) is 20.4 Å². The fourth-order valence-electron chi connectivity index (χ4n) is 4.58. The number of nitrogens with one attached hydrogen (secondary N) is 1. The van der Waals surface area contributed by atoms with Crippen molar-refractivity contribution in [3.05, 3.63) is 83.1 Å². The van der Waals surface area contributed by atoms with E-state index in [-0.39, 0.29) is 34.1 Å². The average molecular weight is 542 g/mol. The van der Waals surface area contributed by atoms with E-state index >= 15 is 0 Å². The molecule has 3 heterocycles. The molecule has 1 aliphatic heterocycles. The molecule has 0 aliphatic carbocycles. The van der Waals surface area contributed by atoms with Crippen LogP contribution in [0.1, 0.15) is 47.3 Å². The highest BCUT2D eigenvalue weighted by atomic mass is 32.2. The van der Waals surface area contributed by atoms with Gasteiger partial charge in [0.2, 0.25) is 0 Å². The first kappa shape index (κ1) is 25.6. The van der Waals surface area contributed by atoms with E-state index in [4.69, 9.17) is 4.74 Å². The first-order valence-electron chi connectivity index (χ1n) is 12.1. The Hall–Kier alpha value is -4.06. The van der Waals surface area contributed by atoms with Crippen molar-refractivity contribution in [3.63, 3.8) is 0 Å². The molecule has 0 amide bonds. The van der Waals surface area contributed by atoms with E-state index in [1.54, 1.807) is 25.1 Å². The number of hydrogen-bond donors (Lipinski definition) is 1. The number of fused-ring (bicyclic) bond motifs is 1. The van der Waals surface area contributed by atoms with Crippen molar-refractivity contribution in [3.8, 4) is 0 Å². The smallest absolute Gasteiger partial charge is 0.345 e. The highest BCUT2D eigenvalue weighted by Gasteiger charge is 2.32. The van der Waals surface area contributed by atoms with Gasteiger partial charge in [-0.1, -0.05) is 17.7 Å². The van der Waals surface area contributed by atoms with Gasteiger partial charge in [-0.3, -0.25) is 4.72 Å². The molecule has 2 aromatic heterocycles. The number of esters is 1. The van der Waals surface area contributed by atoms with Crippen LogP contribution in [0.2, 0.25) is 0 Å². The summed E-state index contributed by atoms with van der Waals surface area (Å²) in [5.41, 5.74) is 1.01. The molecule has 38 heavy (non-hydrogen) atoms. The molecule has 0 spiro atoms. The normalized spacial score (nSPS) is 15.7. The summed E-state index contributed by atoms with van der Waals surface area (Å²) in [4.78, 5) is 19.4. The SMILES string of the molecule is CCOC(=O)c1c(NS(=O)(=O)c2ccc(C)cc2)nn2ccc(N3CCCC3c3cc(F)ccc3F)nc12. The predicted octanol–water partition coefficient (Wildman–Crippen LogP) is 4.63. The van der Waals surface area contributed by atoms with E-state index in [2.05, 4.69) is 14.8 Å². The molecule has 4 aromatic rings. The van der Waals surface area contributed by atoms with Crippen LogP contribution < -0.4 is 9.62 Å². The molecule has 0 radical (unpaired) electrons. The lowest BCUT2D eigenvalue weighted by Gasteiger charge is -2.26. The zero-order valence-electron chi connectivity index (χ0n) is 20.7. The summed E-state index contributed by atoms with van der Waals surface area (Å²) in [6.45, 7) is 4.04. The highest BCUT2D eigenvalue weighted by molar-refractivity contribution is 7.92. The number of aryl methyl sites for hydroxylation is 1. The molecular weight excluding hydrogens is 516 g/mol. The van der Waals surface area contributed by atoms with E-state index in [1.807, 2.05) is 11.8 Å². The lowest BCUT2D eigenvalue weighted by Crippen LogP contribution is -2.24. The Morgan fingerprint density at radius 3 is 2.66 bits per heavy atom. The molecule has 1 atom stereocenters. The van der Waals surface area contributed by atoms with Gasteiger partial charge < -0.3 is 9.64 Å². The van der Waals surface area contributed by atoms with E-state index in [9.17, 15) is 22.0 Å². The number of ether oxygens (including phenoxy) is 1. The Morgan fingerprint density at radius 1 is 1.16 bits per heavy atom. The quantitative estimate of drug-likeness (QED) is 0.340. The number of nitrogens with zero attached hydrogens (tertiary/aromatic N) is 4. The number of benzene rings is 2. The van der Waals surface area contributed by atoms with Gasteiger partial charge in [-0.2, -0.15) is 0 Å². The molecule has 12 heteroatoms. The van der Waals surface area contributed by atoms with Crippen molar-refractivity contribution < 1.29 is 26.7 Å². The number of aromatic nitrogens is 3. The standard InChI is InChI=1S/C26H25F2N5O4S/c1-3-37-26(34)23-24(31-38(35,36)18-9-6-16(2)7-10-18)30-33-14-12-22(29-25(23)33)32-13-4-5-21(32)19-15-17(27)8-11-20(19)28/h6-12,14-15,21H,3-5,13H2,1-2H3,(H,30,31). The van der Waals surface area contributed by atoms with Crippen LogP contribution >= 0.6 is 0 Å². The van der Waals surface area contributed by atoms with Gasteiger partial charge in [0.25, 0.3) is 10.0 Å². The Balaban J connectivity index is 1.57. The number of hydrogen-bond acceptors (Lipinski definition) is 7. The molecule has 0 saturated carbocycles. The van der Waals surface area contributed by atoms with Crippen molar-refractivity contribution >= 4 is 33.3 Å². The van der Waals surface area contributed by atoms with Crippen molar-refractivity contribution in [2.24, 2.45) is 0 Å². The minimum absolute atomic E-state index is 0.000594. The van der Waals surface area contributed by atoms with E-state index < -0.39 is 33.7 Å². The van der Waals surface area contributed by atoms with Gasteiger partial charge in [0.1, 0.15) is 23.0 Å². The molecule has 1 N–H and O–H groups in total. The lowest BCUT2D eigenvalue weighted by atomic mass is 10.0. The third-order valence-corrected chi connectivity index (χ3v) is 7.73. The minimum Gasteiger partial charge on any atom is -0.462 e. The number of sulfonamides is 1. The van der Waals surface area contributed by atoms with E-state index in [0.717, 1.165) is 24.1 Å². The summed E-state index contributed by atoms with van der Waals surface area (Å²) in [6, 6.07) is 10.7. The van der Waals surface area contributed by atoms with Crippen molar-refractivity contribution in [1.82, 2.24) is 14.6 Å². The Morgan fingerprint density at radius 2 is 1.92 bits per heavy atom. The summed E-state index contributed by atoms with van der Waals surface area (Å²) in [7, 11) is -4.08. The Labute approximate surface area is 218 Å². The average Bonchev–Trinajstić information content (AvgIpc) is 3.49. The van der Waals surface area contributed by atoms with Crippen LogP contribution in [0.15, 0.2) is 59.6 Å². The van der Waals surface area contributed by atoms with Crippen LogP contribution in [0.5, 0.6) is 0 Å². The molecule has 1 unspecified atom stereocenters. The molecule has 9 nitrogen and oxygen atoms in total. The van der Waals surface area contributed by atoms with Crippen LogP contribution in [0.25, 0.3) is 5.65 Å². The van der Waals surface area contributed by atoms with Crippen molar-refractivity contribution in [2.75, 3.05) is 22.8 Å². The van der Waals surface area contributed by atoms with Crippen LogP contribution in [0.3, 0.4) is 0 Å². The van der Waals surface area contributed by atoms with Gasteiger partial charge in [-0.05, 0) is 63.1 Å². The summed E-state index contributed by atoms with van der Waals surface area (Å²) in [6.07, 6.45) is 2.83. The van der Waals surface area contributed by atoms with Crippen LogP contribution in [-0.4, -0.2) is 42.1 Å². The third-order valence-electron chi connectivity index (χ3n) is 6.38. The summed E-state index contributed by atoms with van der Waals surface area (Å²) in [5.74, 6) is -1.69. The van der Waals surface area contributed by atoms with Gasteiger partial charge in [0, 0.05) is 18.3 Å². The largest absolute Gasteiger partial charge is 0.462 e. The topological polar surface area (TPSA) is 106 Å². The van der Waals surface area contributed by atoms with Gasteiger partial charge in [-0.25, -0.2) is 31.5 Å². The van der Waals surface area contributed by atoms with Gasteiger partial charge >= 0.3 is 5.97 Å². The maximum Gasteiger partial charge on any atom is 0.345 e. The highest BCUT2D eigenvalue weighted by Crippen LogP contribution is 2.37. The van der Waals surface area contributed by atoms with Gasteiger partial charge in [0.15, 0.2) is 11.5 Å². The zero-order chi connectivity index (χ0) is 27.0. The third kappa shape index (κ3) is 4.78. The van der Waals surface area contributed by atoms with Gasteiger partial charge in [0.05, 0.1) is 17.5 Å². The fourth-order valence-corrected chi connectivity index (χ4v) is 5.59.